The molecule has 5 heteroatoms. The molecule has 0 amide bonds. The number of thiophene rings is 1. The first-order valence-corrected chi connectivity index (χ1v) is 10.0. The summed E-state index contributed by atoms with van der Waals surface area (Å²) in [5.41, 5.74) is 1.42. The lowest BCUT2D eigenvalue weighted by molar-refractivity contribution is 0.0501. The average Bonchev–Trinajstić information content (AvgIpc) is 3.32. The smallest absolute Gasteiger partial charge is 0.0887 e. The first-order chi connectivity index (χ1) is 12.2. The zero-order valence-electron chi connectivity index (χ0n) is 14.9. The minimum atomic E-state index is 0.399. The molecule has 0 saturated carbocycles. The summed E-state index contributed by atoms with van der Waals surface area (Å²) in [6, 6.07) is 10.4. The molecule has 4 heterocycles. The molecule has 4 rings (SSSR count). The normalized spacial score (nSPS) is 27.5. The Kier molecular flexibility index (Phi) is 5.17. The van der Waals surface area contributed by atoms with E-state index in [2.05, 4.69) is 39.3 Å². The molecule has 2 aromatic heterocycles. The van der Waals surface area contributed by atoms with Gasteiger partial charge in [-0.15, -0.1) is 11.3 Å². The Morgan fingerprint density at radius 1 is 1.28 bits per heavy atom. The first-order valence-electron chi connectivity index (χ1n) is 9.14. The minimum absolute atomic E-state index is 0.399. The Morgan fingerprint density at radius 2 is 2.24 bits per heavy atom. The zero-order valence-corrected chi connectivity index (χ0v) is 15.8. The molecule has 2 fully saturated rings. The summed E-state index contributed by atoms with van der Waals surface area (Å²) < 4.78 is 6.07. The van der Waals surface area contributed by atoms with E-state index in [4.69, 9.17) is 4.74 Å². The third kappa shape index (κ3) is 3.95. The van der Waals surface area contributed by atoms with Crippen LogP contribution in [0, 0.1) is 11.3 Å². The Morgan fingerprint density at radius 3 is 3.04 bits per heavy atom. The number of nitrogens with zero attached hydrogens (tertiary/aromatic N) is 3. The van der Waals surface area contributed by atoms with E-state index in [1.54, 1.807) is 0 Å². The maximum atomic E-state index is 6.07. The fraction of sp³-hybridized carbons (Fsp3) is 0.550. The summed E-state index contributed by atoms with van der Waals surface area (Å²) in [6.45, 7) is 7.32. The molecule has 0 unspecified atom stereocenters. The van der Waals surface area contributed by atoms with E-state index < -0.39 is 0 Å². The van der Waals surface area contributed by atoms with Crippen LogP contribution in [0.3, 0.4) is 0 Å². The maximum Gasteiger partial charge on any atom is 0.0887 e. The molecule has 4 nitrogen and oxygen atoms in total. The summed E-state index contributed by atoms with van der Waals surface area (Å²) >= 11 is 1.87. The second-order valence-electron chi connectivity index (χ2n) is 7.63. The molecule has 0 bridgehead atoms. The van der Waals surface area contributed by atoms with Crippen LogP contribution in [-0.4, -0.2) is 54.6 Å². The number of likely N-dealkylation sites (tertiary alicyclic amines) is 2. The Hall–Kier alpha value is -1.27. The van der Waals surface area contributed by atoms with Crippen molar-refractivity contribution in [3.8, 4) is 0 Å². The topological polar surface area (TPSA) is 28.6 Å². The Bertz CT molecular complexity index is 663. The van der Waals surface area contributed by atoms with Gasteiger partial charge in [-0.1, -0.05) is 12.1 Å². The van der Waals surface area contributed by atoms with E-state index in [1.165, 1.54) is 30.9 Å². The summed E-state index contributed by atoms with van der Waals surface area (Å²) in [6.07, 6.45) is 3.13. The zero-order chi connectivity index (χ0) is 17.1. The number of rotatable bonds is 6. The van der Waals surface area contributed by atoms with Gasteiger partial charge in [0.2, 0.25) is 0 Å². The third-order valence-corrected chi connectivity index (χ3v) is 6.56. The molecule has 0 aliphatic carbocycles. The maximum absolute atomic E-state index is 6.07. The second-order valence-corrected chi connectivity index (χ2v) is 8.66. The molecule has 2 atom stereocenters. The molecule has 134 valence electrons. The second kappa shape index (κ2) is 7.54. The quantitative estimate of drug-likeness (QED) is 0.794. The van der Waals surface area contributed by atoms with Crippen LogP contribution in [0.1, 0.15) is 17.0 Å². The molecular weight excluding hydrogens is 330 g/mol. The predicted octanol–water partition coefficient (Wildman–Crippen LogP) is 3.11. The van der Waals surface area contributed by atoms with Crippen LogP contribution >= 0.6 is 11.3 Å². The van der Waals surface area contributed by atoms with Crippen LogP contribution < -0.4 is 0 Å². The molecule has 0 aromatic carbocycles. The summed E-state index contributed by atoms with van der Waals surface area (Å²) in [5.74, 6) is 0.620. The van der Waals surface area contributed by atoms with Crippen molar-refractivity contribution >= 4 is 11.3 Å². The van der Waals surface area contributed by atoms with Gasteiger partial charge in [-0.3, -0.25) is 9.88 Å². The highest BCUT2D eigenvalue weighted by Crippen LogP contribution is 2.44. The van der Waals surface area contributed by atoms with Crippen LogP contribution in [0.5, 0.6) is 0 Å². The molecule has 2 saturated heterocycles. The van der Waals surface area contributed by atoms with E-state index in [9.17, 15) is 0 Å². The van der Waals surface area contributed by atoms with Gasteiger partial charge in [-0.05, 0) is 43.6 Å². The van der Waals surface area contributed by atoms with Crippen molar-refractivity contribution < 1.29 is 4.74 Å². The number of hydrogen-bond acceptors (Lipinski definition) is 5. The molecule has 0 N–H and O–H groups in total. The molecule has 2 aliphatic rings. The standard InChI is InChI=1S/C20H27N3OS/c1-22-11-17(13-24-14-18-5-2-3-8-21-18)20(15-22)7-9-23(16-20)12-19-6-4-10-25-19/h2-6,8,10,17H,7,9,11-16H2,1H3/t17-,20+/m1/s1. The lowest BCUT2D eigenvalue weighted by atomic mass is 9.77. The number of ether oxygens (including phenoxy) is 1. The number of pyridine rings is 1. The number of hydrogen-bond donors (Lipinski definition) is 0. The van der Waals surface area contributed by atoms with Gasteiger partial charge in [0, 0.05) is 48.6 Å². The Labute approximate surface area is 154 Å². The lowest BCUT2D eigenvalue weighted by Crippen LogP contribution is -2.36. The van der Waals surface area contributed by atoms with Crippen LogP contribution in [0.25, 0.3) is 0 Å². The third-order valence-electron chi connectivity index (χ3n) is 5.70. The van der Waals surface area contributed by atoms with Crippen LogP contribution in [0.2, 0.25) is 0 Å². The van der Waals surface area contributed by atoms with Gasteiger partial charge >= 0.3 is 0 Å². The summed E-state index contributed by atoms with van der Waals surface area (Å²) in [4.78, 5) is 11.0. The van der Waals surface area contributed by atoms with Crippen molar-refractivity contribution in [1.82, 2.24) is 14.8 Å². The highest BCUT2D eigenvalue weighted by molar-refractivity contribution is 7.09. The van der Waals surface area contributed by atoms with Gasteiger partial charge < -0.3 is 9.64 Å². The van der Waals surface area contributed by atoms with Crippen molar-refractivity contribution in [2.45, 2.75) is 19.6 Å². The van der Waals surface area contributed by atoms with Crippen molar-refractivity contribution in [1.29, 1.82) is 0 Å². The van der Waals surface area contributed by atoms with Crippen molar-refractivity contribution in [3.63, 3.8) is 0 Å². The van der Waals surface area contributed by atoms with Crippen LogP contribution in [-0.2, 0) is 17.9 Å². The fourth-order valence-corrected chi connectivity index (χ4v) is 5.27. The van der Waals surface area contributed by atoms with E-state index in [0.717, 1.165) is 25.4 Å². The van der Waals surface area contributed by atoms with Gasteiger partial charge in [-0.25, -0.2) is 0 Å². The van der Waals surface area contributed by atoms with E-state index in [1.807, 2.05) is 35.7 Å². The molecular formula is C20H27N3OS. The van der Waals surface area contributed by atoms with Crippen LogP contribution in [0.4, 0.5) is 0 Å². The van der Waals surface area contributed by atoms with Crippen molar-refractivity contribution in [2.75, 3.05) is 39.8 Å². The molecule has 25 heavy (non-hydrogen) atoms. The van der Waals surface area contributed by atoms with Crippen LogP contribution in [0.15, 0.2) is 41.9 Å². The monoisotopic (exact) mass is 357 g/mol. The summed E-state index contributed by atoms with van der Waals surface area (Å²) in [7, 11) is 2.25. The lowest BCUT2D eigenvalue weighted by Gasteiger charge is -2.30. The molecule has 0 radical (unpaired) electrons. The van der Waals surface area contributed by atoms with E-state index in [0.29, 0.717) is 17.9 Å². The average molecular weight is 358 g/mol. The highest BCUT2D eigenvalue weighted by atomic mass is 32.1. The van der Waals surface area contributed by atoms with Gasteiger partial charge in [0.15, 0.2) is 0 Å². The summed E-state index contributed by atoms with van der Waals surface area (Å²) in [5, 5.41) is 2.18. The molecule has 2 aromatic rings. The number of aromatic nitrogens is 1. The highest BCUT2D eigenvalue weighted by Gasteiger charge is 2.49. The predicted molar refractivity (Wildman–Crippen MR) is 102 cm³/mol. The Balaban J connectivity index is 1.34. The van der Waals surface area contributed by atoms with Gasteiger partial charge in [0.25, 0.3) is 0 Å². The van der Waals surface area contributed by atoms with Crippen molar-refractivity contribution in [3.05, 3.63) is 52.5 Å². The largest absolute Gasteiger partial charge is 0.375 e. The van der Waals surface area contributed by atoms with Gasteiger partial charge in [0.05, 0.1) is 18.9 Å². The molecule has 1 spiro atoms. The molecule has 2 aliphatic heterocycles. The van der Waals surface area contributed by atoms with E-state index >= 15 is 0 Å². The van der Waals surface area contributed by atoms with Gasteiger partial charge in [0.1, 0.15) is 0 Å². The first kappa shape index (κ1) is 17.2. The van der Waals surface area contributed by atoms with Crippen molar-refractivity contribution in [2.24, 2.45) is 11.3 Å². The fourth-order valence-electron chi connectivity index (χ4n) is 4.52. The SMILES string of the molecule is CN1C[C@H](COCc2ccccn2)[C@@]2(CCN(Cc3cccs3)C2)C1. The van der Waals surface area contributed by atoms with Gasteiger partial charge in [-0.2, -0.15) is 0 Å². The van der Waals surface area contributed by atoms with E-state index in [-0.39, 0.29) is 0 Å². The minimum Gasteiger partial charge on any atom is -0.375 e.